The van der Waals surface area contributed by atoms with Gasteiger partial charge in [0.1, 0.15) is 5.76 Å². The van der Waals surface area contributed by atoms with Crippen LogP contribution in [-0.4, -0.2) is 14.9 Å². The first-order valence-electron chi connectivity index (χ1n) is 6.12. The molecule has 4 heteroatoms. The molecule has 0 aliphatic carbocycles. The van der Waals surface area contributed by atoms with Crippen LogP contribution in [-0.2, 0) is 18.9 Å². The molecule has 1 atom stereocenters. The van der Waals surface area contributed by atoms with Crippen molar-refractivity contribution in [2.75, 3.05) is 0 Å². The maximum Gasteiger partial charge on any atom is 0.106 e. The lowest BCUT2D eigenvalue weighted by Crippen LogP contribution is -2.16. The fourth-order valence-electron chi connectivity index (χ4n) is 2.06. The minimum atomic E-state index is -0.584. The molecule has 2 aromatic heterocycles. The van der Waals surface area contributed by atoms with Gasteiger partial charge in [0, 0.05) is 30.6 Å². The Kier molecular flexibility index (Phi) is 3.30. The zero-order valence-corrected chi connectivity index (χ0v) is 11.3. The molecule has 1 unspecified atom stereocenters. The molecule has 0 saturated heterocycles. The summed E-state index contributed by atoms with van der Waals surface area (Å²) in [5.74, 6) is 0.784. The van der Waals surface area contributed by atoms with E-state index in [9.17, 15) is 5.11 Å². The highest BCUT2D eigenvalue weighted by molar-refractivity contribution is 5.27. The molecule has 0 bridgehead atoms. The van der Waals surface area contributed by atoms with Crippen molar-refractivity contribution in [3.63, 3.8) is 0 Å². The fourth-order valence-corrected chi connectivity index (χ4v) is 2.06. The van der Waals surface area contributed by atoms with E-state index < -0.39 is 6.10 Å². The largest absolute Gasteiger partial charge is 0.469 e. The third-order valence-corrected chi connectivity index (χ3v) is 2.90. The highest BCUT2D eigenvalue weighted by atomic mass is 16.3. The summed E-state index contributed by atoms with van der Waals surface area (Å²) in [4.78, 5) is 0. The summed E-state index contributed by atoms with van der Waals surface area (Å²) in [6, 6.07) is 3.70. The molecule has 0 saturated carbocycles. The van der Waals surface area contributed by atoms with Gasteiger partial charge in [-0.05, 0) is 12.1 Å². The van der Waals surface area contributed by atoms with Crippen molar-refractivity contribution in [1.82, 2.24) is 9.78 Å². The van der Waals surface area contributed by atoms with Crippen molar-refractivity contribution >= 4 is 0 Å². The first-order valence-corrected chi connectivity index (χ1v) is 6.12. The van der Waals surface area contributed by atoms with Crippen LogP contribution in [0.4, 0.5) is 0 Å². The van der Waals surface area contributed by atoms with Crippen LogP contribution in [0.5, 0.6) is 0 Å². The monoisotopic (exact) mass is 248 g/mol. The molecule has 0 aliphatic rings. The number of furan rings is 1. The van der Waals surface area contributed by atoms with Crippen molar-refractivity contribution in [1.29, 1.82) is 0 Å². The second kappa shape index (κ2) is 4.61. The summed E-state index contributed by atoms with van der Waals surface area (Å²) >= 11 is 0. The molecular weight excluding hydrogens is 228 g/mol. The third kappa shape index (κ3) is 2.64. The highest BCUT2D eigenvalue weighted by Crippen LogP contribution is 2.29. The predicted molar refractivity (Wildman–Crippen MR) is 69.3 cm³/mol. The Bertz CT molecular complexity index is 506. The van der Waals surface area contributed by atoms with Gasteiger partial charge >= 0.3 is 0 Å². The Morgan fingerprint density at radius 2 is 2.17 bits per heavy atom. The van der Waals surface area contributed by atoms with Gasteiger partial charge in [0.15, 0.2) is 0 Å². The summed E-state index contributed by atoms with van der Waals surface area (Å²) in [5, 5.41) is 14.8. The van der Waals surface area contributed by atoms with Crippen LogP contribution in [0.1, 0.15) is 43.9 Å². The number of aryl methyl sites for hydroxylation is 1. The third-order valence-electron chi connectivity index (χ3n) is 2.90. The Morgan fingerprint density at radius 3 is 2.72 bits per heavy atom. The smallest absolute Gasteiger partial charge is 0.106 e. The van der Waals surface area contributed by atoms with Gasteiger partial charge in [-0.15, -0.1) is 0 Å². The van der Waals surface area contributed by atoms with Crippen LogP contribution in [0, 0.1) is 0 Å². The van der Waals surface area contributed by atoms with Gasteiger partial charge in [0.2, 0.25) is 0 Å². The van der Waals surface area contributed by atoms with E-state index in [1.165, 1.54) is 0 Å². The zero-order valence-electron chi connectivity index (χ0n) is 11.3. The van der Waals surface area contributed by atoms with Gasteiger partial charge in [-0.25, -0.2) is 0 Å². The highest BCUT2D eigenvalue weighted by Gasteiger charge is 2.26. The number of hydrogen-bond acceptors (Lipinski definition) is 3. The predicted octanol–water partition coefficient (Wildman–Crippen LogP) is 2.59. The molecule has 4 nitrogen and oxygen atoms in total. The van der Waals surface area contributed by atoms with Crippen LogP contribution in [0.25, 0.3) is 0 Å². The van der Waals surface area contributed by atoms with Gasteiger partial charge in [0.05, 0.1) is 18.1 Å². The zero-order chi connectivity index (χ0) is 13.3. The van der Waals surface area contributed by atoms with Crippen molar-refractivity contribution in [3.05, 3.63) is 41.6 Å². The molecule has 0 spiro atoms. The lowest BCUT2D eigenvalue weighted by molar-refractivity contribution is 0.168. The van der Waals surface area contributed by atoms with E-state index >= 15 is 0 Å². The standard InChI is InChI=1S/C14H20N2O2/c1-14(2,3)13-11(9-16(4)15-13)12(17)8-10-6-5-7-18-10/h5-7,9,12,17H,8H2,1-4H3. The van der Waals surface area contributed by atoms with Crippen LogP contribution in [0.15, 0.2) is 29.0 Å². The van der Waals surface area contributed by atoms with E-state index in [1.54, 1.807) is 10.9 Å². The number of aliphatic hydroxyl groups is 1. The lowest BCUT2D eigenvalue weighted by atomic mass is 9.87. The summed E-state index contributed by atoms with van der Waals surface area (Å²) in [6.45, 7) is 6.29. The van der Waals surface area contributed by atoms with Gasteiger partial charge < -0.3 is 9.52 Å². The van der Waals surface area contributed by atoms with Crippen molar-refractivity contribution in [2.24, 2.45) is 7.05 Å². The van der Waals surface area contributed by atoms with E-state index in [4.69, 9.17) is 4.42 Å². The van der Waals surface area contributed by atoms with Gasteiger partial charge in [0.25, 0.3) is 0 Å². The maximum absolute atomic E-state index is 10.3. The molecule has 0 aromatic carbocycles. The number of aromatic nitrogens is 2. The molecule has 2 aromatic rings. The first-order chi connectivity index (χ1) is 8.38. The molecule has 1 N–H and O–H groups in total. The molecule has 0 aliphatic heterocycles. The van der Waals surface area contributed by atoms with Crippen LogP contribution in [0.3, 0.4) is 0 Å². The topological polar surface area (TPSA) is 51.2 Å². The number of nitrogens with zero attached hydrogens (tertiary/aromatic N) is 2. The Hall–Kier alpha value is -1.55. The molecule has 2 heterocycles. The van der Waals surface area contributed by atoms with E-state index in [0.717, 1.165) is 17.0 Å². The molecule has 0 amide bonds. The summed E-state index contributed by atoms with van der Waals surface area (Å²) in [6.07, 6.45) is 3.39. The Labute approximate surface area is 107 Å². The number of hydrogen-bond donors (Lipinski definition) is 1. The minimum absolute atomic E-state index is 0.0826. The van der Waals surface area contributed by atoms with Crippen LogP contribution >= 0.6 is 0 Å². The van der Waals surface area contributed by atoms with E-state index in [1.807, 2.05) is 25.4 Å². The summed E-state index contributed by atoms with van der Waals surface area (Å²) in [7, 11) is 1.87. The average molecular weight is 248 g/mol. The van der Waals surface area contributed by atoms with Crippen LogP contribution in [0.2, 0.25) is 0 Å². The minimum Gasteiger partial charge on any atom is -0.469 e. The first kappa shape index (κ1) is 12.9. The van der Waals surface area contributed by atoms with Gasteiger partial charge in [-0.3, -0.25) is 4.68 Å². The van der Waals surface area contributed by atoms with Crippen molar-refractivity contribution in [2.45, 2.75) is 38.7 Å². The average Bonchev–Trinajstić information content (AvgIpc) is 2.85. The molecule has 2 rings (SSSR count). The van der Waals surface area contributed by atoms with Crippen LogP contribution < -0.4 is 0 Å². The lowest BCUT2D eigenvalue weighted by Gasteiger charge is -2.19. The Balaban J connectivity index is 2.27. The summed E-state index contributed by atoms with van der Waals surface area (Å²) in [5.41, 5.74) is 1.73. The maximum atomic E-state index is 10.3. The van der Waals surface area contributed by atoms with Crippen molar-refractivity contribution < 1.29 is 9.52 Å². The molecule has 0 radical (unpaired) electrons. The van der Waals surface area contributed by atoms with E-state index in [2.05, 4.69) is 25.9 Å². The summed E-state index contributed by atoms with van der Waals surface area (Å²) < 4.78 is 7.02. The van der Waals surface area contributed by atoms with E-state index in [0.29, 0.717) is 6.42 Å². The second-order valence-corrected chi connectivity index (χ2v) is 5.66. The number of rotatable bonds is 3. The molecule has 18 heavy (non-hydrogen) atoms. The van der Waals surface area contributed by atoms with Gasteiger partial charge in [-0.1, -0.05) is 20.8 Å². The molecular formula is C14H20N2O2. The quantitative estimate of drug-likeness (QED) is 0.908. The second-order valence-electron chi connectivity index (χ2n) is 5.66. The van der Waals surface area contributed by atoms with Crippen molar-refractivity contribution in [3.8, 4) is 0 Å². The molecule has 98 valence electrons. The van der Waals surface area contributed by atoms with E-state index in [-0.39, 0.29) is 5.41 Å². The molecule has 0 fully saturated rings. The SMILES string of the molecule is Cn1cc(C(O)Cc2ccco2)c(C(C)(C)C)n1. The van der Waals surface area contributed by atoms with Gasteiger partial charge in [-0.2, -0.15) is 5.10 Å². The Morgan fingerprint density at radius 1 is 1.44 bits per heavy atom. The number of aliphatic hydroxyl groups excluding tert-OH is 1. The normalized spacial score (nSPS) is 13.8. The fraction of sp³-hybridized carbons (Fsp3) is 0.500.